The minimum Gasteiger partial charge on any atom is -0.446 e. The molecule has 3 aliphatic heterocycles. The van der Waals surface area contributed by atoms with Crippen molar-refractivity contribution in [3.63, 3.8) is 0 Å². The molecule has 54 heavy (non-hydrogen) atoms. The van der Waals surface area contributed by atoms with Gasteiger partial charge < -0.3 is 25.0 Å². The lowest BCUT2D eigenvalue weighted by Crippen LogP contribution is -2.58. The van der Waals surface area contributed by atoms with E-state index in [2.05, 4.69) is 15.4 Å². The van der Waals surface area contributed by atoms with Crippen molar-refractivity contribution in [2.24, 2.45) is 5.92 Å². The molecule has 1 aromatic rings. The summed E-state index contributed by atoms with van der Waals surface area (Å²) in [5, 5.41) is 4.36. The molecule has 0 bridgehead atoms. The number of fused-ring (bicyclic) bond motifs is 3. The number of halogens is 3. The molecular formula is C36H44F3N5O9S. The number of carbonyl (C=O) groups is 5. The Morgan fingerprint density at radius 3 is 2.44 bits per heavy atom. The van der Waals surface area contributed by atoms with E-state index in [0.717, 1.165) is 17.7 Å². The maximum Gasteiger partial charge on any atom is 0.410 e. The number of alkyl carbamates (subject to hydrolysis) is 1. The van der Waals surface area contributed by atoms with Crippen molar-refractivity contribution in [1.82, 2.24) is 25.2 Å². The number of benzene rings is 1. The molecule has 4 fully saturated rings. The number of sulfonamides is 1. The van der Waals surface area contributed by atoms with Crippen LogP contribution in [0.2, 0.25) is 0 Å². The SMILES string of the molecule is O=C(N[C@H]1CCC(F)(F)CC/C=C\[C@@H]2C[C@@]2(C(=O)NS(=O)(=O)C2CC2)NC(=O)[C@@H]2C[C@@H](OC(=O)N3Cc4cccc(F)c4C3)CN2C1=O)OC1CCCC1. The number of alkyl halides is 2. The summed E-state index contributed by atoms with van der Waals surface area (Å²) in [5.41, 5.74) is -0.828. The van der Waals surface area contributed by atoms with E-state index < -0.39 is 112 Å². The monoisotopic (exact) mass is 779 g/mol. The Bertz CT molecular complexity index is 1840. The zero-order valence-corrected chi connectivity index (χ0v) is 30.4. The normalized spacial score (nSPS) is 30.5. The number of nitrogens with one attached hydrogen (secondary N) is 3. The van der Waals surface area contributed by atoms with Gasteiger partial charge in [-0.05, 0) is 69.4 Å². The minimum absolute atomic E-state index is 0.0278. The van der Waals surface area contributed by atoms with Gasteiger partial charge in [-0.2, -0.15) is 0 Å². The predicted molar refractivity (Wildman–Crippen MR) is 183 cm³/mol. The lowest BCUT2D eigenvalue weighted by molar-refractivity contribution is -0.141. The van der Waals surface area contributed by atoms with Gasteiger partial charge in [0.2, 0.25) is 27.8 Å². The molecule has 0 radical (unpaired) electrons. The van der Waals surface area contributed by atoms with E-state index in [4.69, 9.17) is 9.47 Å². The molecule has 0 unspecified atom stereocenters. The van der Waals surface area contributed by atoms with Crippen LogP contribution in [-0.2, 0) is 47.0 Å². The van der Waals surface area contributed by atoms with Crippen LogP contribution in [-0.4, -0.2) is 95.7 Å². The lowest BCUT2D eigenvalue weighted by Gasteiger charge is -2.30. The van der Waals surface area contributed by atoms with Gasteiger partial charge in [-0.1, -0.05) is 24.3 Å². The molecular weight excluding hydrogens is 735 g/mol. The maximum atomic E-state index is 15.2. The van der Waals surface area contributed by atoms with Gasteiger partial charge in [-0.25, -0.2) is 31.2 Å². The van der Waals surface area contributed by atoms with Crippen LogP contribution in [0.5, 0.6) is 0 Å². The van der Waals surface area contributed by atoms with Crippen molar-refractivity contribution >= 4 is 39.9 Å². The number of carbonyl (C=O) groups excluding carboxylic acids is 5. The van der Waals surface area contributed by atoms with Crippen LogP contribution in [0.1, 0.15) is 88.2 Å². The molecule has 0 spiro atoms. The fourth-order valence-corrected chi connectivity index (χ4v) is 9.26. The van der Waals surface area contributed by atoms with Crippen molar-refractivity contribution in [3.8, 4) is 0 Å². The molecule has 7 rings (SSSR count). The molecule has 5 amide bonds. The summed E-state index contributed by atoms with van der Waals surface area (Å²) >= 11 is 0. The molecule has 3 heterocycles. The number of hydrogen-bond acceptors (Lipinski definition) is 9. The highest BCUT2D eigenvalue weighted by Crippen LogP contribution is 2.46. The summed E-state index contributed by atoms with van der Waals surface area (Å²) in [5.74, 6) is -7.23. The first-order valence-corrected chi connectivity index (χ1v) is 20.1. The van der Waals surface area contributed by atoms with Gasteiger partial charge in [0.15, 0.2) is 0 Å². The van der Waals surface area contributed by atoms with E-state index >= 15 is 8.78 Å². The van der Waals surface area contributed by atoms with Gasteiger partial charge >= 0.3 is 12.2 Å². The first-order chi connectivity index (χ1) is 25.6. The number of ether oxygens (including phenoxy) is 2. The van der Waals surface area contributed by atoms with Crippen LogP contribution in [0.15, 0.2) is 30.4 Å². The number of allylic oxidation sites excluding steroid dienone is 1. The van der Waals surface area contributed by atoms with Crippen LogP contribution in [0.25, 0.3) is 0 Å². The van der Waals surface area contributed by atoms with Crippen molar-refractivity contribution in [1.29, 1.82) is 0 Å². The Balaban J connectivity index is 1.15. The molecule has 294 valence electrons. The smallest absolute Gasteiger partial charge is 0.410 e. The second-order valence-corrected chi connectivity index (χ2v) is 17.3. The van der Waals surface area contributed by atoms with Crippen LogP contribution in [0, 0.1) is 11.7 Å². The minimum atomic E-state index is -4.03. The lowest BCUT2D eigenvalue weighted by atomic mass is 10.0. The Kier molecular flexibility index (Phi) is 10.3. The highest BCUT2D eigenvalue weighted by atomic mass is 32.2. The van der Waals surface area contributed by atoms with Crippen molar-refractivity contribution < 1.29 is 55.0 Å². The highest BCUT2D eigenvalue weighted by Gasteiger charge is 2.62. The third kappa shape index (κ3) is 8.17. The fourth-order valence-electron chi connectivity index (χ4n) is 7.90. The van der Waals surface area contributed by atoms with Gasteiger partial charge in [0, 0.05) is 37.3 Å². The van der Waals surface area contributed by atoms with E-state index in [1.807, 2.05) is 0 Å². The van der Waals surface area contributed by atoms with E-state index in [0.29, 0.717) is 36.8 Å². The predicted octanol–water partition coefficient (Wildman–Crippen LogP) is 3.53. The second kappa shape index (κ2) is 14.7. The van der Waals surface area contributed by atoms with Crippen molar-refractivity contribution in [3.05, 3.63) is 47.3 Å². The molecule has 18 heteroatoms. The fraction of sp³-hybridized carbons (Fsp3) is 0.639. The quantitative estimate of drug-likeness (QED) is 0.364. The number of hydrogen-bond donors (Lipinski definition) is 3. The molecule has 6 aliphatic rings. The van der Waals surface area contributed by atoms with Gasteiger partial charge in [-0.15, -0.1) is 0 Å². The number of nitrogens with zero attached hydrogens (tertiary/aromatic N) is 2. The standard InChI is InChI=1S/C36H44F3N5O9S/c37-27-10-5-6-21-18-43(20-26(21)27)34(49)53-24-16-29-30(45)41-36(32(47)42-54(50,51)25-11-12-25)17-22(36)7-3-4-14-35(38,39)15-13-28(31(46)44(29)19-24)40-33(48)52-23-8-1-2-9-23/h3,5-7,10,22-25,28-29H,1-2,4,8-9,11-20H2,(H,40,48)(H,41,45)(H,42,47)/b7-3-/t22-,24-,28+,29+,36-/m1/s1. The van der Waals surface area contributed by atoms with E-state index in [9.17, 15) is 36.8 Å². The van der Waals surface area contributed by atoms with Crippen LogP contribution < -0.4 is 15.4 Å². The summed E-state index contributed by atoms with van der Waals surface area (Å²) in [6.45, 7) is -0.382. The second-order valence-electron chi connectivity index (χ2n) is 15.3. The van der Waals surface area contributed by atoms with Crippen molar-refractivity contribution in [2.45, 2.75) is 131 Å². The zero-order valence-electron chi connectivity index (χ0n) is 29.6. The molecule has 14 nitrogen and oxygen atoms in total. The van der Waals surface area contributed by atoms with Gasteiger partial charge in [0.1, 0.15) is 35.6 Å². The Hall–Kier alpha value is -4.35. The average molecular weight is 780 g/mol. The first-order valence-electron chi connectivity index (χ1n) is 18.6. The van der Waals surface area contributed by atoms with E-state index in [1.54, 1.807) is 6.07 Å². The third-order valence-corrected chi connectivity index (χ3v) is 13.1. The number of rotatable bonds is 6. The first kappa shape index (κ1) is 37.9. The van der Waals surface area contributed by atoms with Gasteiger partial charge in [0.25, 0.3) is 5.91 Å². The maximum absolute atomic E-state index is 15.2. The summed E-state index contributed by atoms with van der Waals surface area (Å²) in [6.07, 6.45) is 1.01. The van der Waals surface area contributed by atoms with Gasteiger partial charge in [-0.3, -0.25) is 24.0 Å². The van der Waals surface area contributed by atoms with Gasteiger partial charge in [0.05, 0.1) is 18.3 Å². The van der Waals surface area contributed by atoms with Crippen LogP contribution in [0.3, 0.4) is 0 Å². The zero-order chi connectivity index (χ0) is 38.4. The third-order valence-electron chi connectivity index (χ3n) is 11.3. The molecule has 3 aliphatic carbocycles. The summed E-state index contributed by atoms with van der Waals surface area (Å²) in [4.78, 5) is 70.7. The van der Waals surface area contributed by atoms with Crippen molar-refractivity contribution in [2.75, 3.05) is 6.54 Å². The highest BCUT2D eigenvalue weighted by molar-refractivity contribution is 7.91. The Labute approximate surface area is 310 Å². The molecule has 0 aromatic heterocycles. The molecule has 1 aromatic carbocycles. The number of amides is 5. The van der Waals surface area contributed by atoms with E-state index in [1.165, 1.54) is 29.2 Å². The Morgan fingerprint density at radius 1 is 0.963 bits per heavy atom. The molecule has 1 saturated heterocycles. The topological polar surface area (TPSA) is 181 Å². The summed E-state index contributed by atoms with van der Waals surface area (Å²) < 4.78 is 83.6. The largest absolute Gasteiger partial charge is 0.446 e. The summed E-state index contributed by atoms with van der Waals surface area (Å²) in [7, 11) is -4.03. The summed E-state index contributed by atoms with van der Waals surface area (Å²) in [6, 6.07) is 1.50. The molecule has 5 atom stereocenters. The molecule has 3 N–H and O–H groups in total. The average Bonchev–Trinajstić information content (AvgIpc) is 3.90. The Morgan fingerprint density at radius 2 is 1.72 bits per heavy atom. The van der Waals surface area contributed by atoms with Crippen LogP contribution >= 0.6 is 0 Å². The molecule has 3 saturated carbocycles. The van der Waals surface area contributed by atoms with E-state index in [-0.39, 0.29) is 38.9 Å². The van der Waals surface area contributed by atoms with Crippen LogP contribution in [0.4, 0.5) is 22.8 Å².